The number of nitrogens with zero attached hydrogens (tertiary/aromatic N) is 5. The van der Waals surface area contributed by atoms with E-state index in [0.717, 1.165) is 21.8 Å². The fraction of sp³-hybridized carbons (Fsp3) is 0.429. The number of thioether (sulfide) groups is 1. The lowest BCUT2D eigenvalue weighted by molar-refractivity contribution is 0.639. The number of aryl methyl sites for hydroxylation is 1. The molecule has 0 saturated heterocycles. The maximum atomic E-state index is 12.1. The molecule has 0 bridgehead atoms. The zero-order chi connectivity index (χ0) is 16.2. The van der Waals surface area contributed by atoms with Crippen LogP contribution in [-0.2, 0) is 6.54 Å². The molecule has 0 fully saturated rings. The number of fused-ring (bicyclic) bond motifs is 1. The third-order valence-corrected chi connectivity index (χ3v) is 5.08. The van der Waals surface area contributed by atoms with Crippen molar-refractivity contribution in [3.63, 3.8) is 0 Å². The number of aromatic nitrogens is 5. The van der Waals surface area contributed by atoms with Gasteiger partial charge in [0.15, 0.2) is 9.99 Å². The first-order valence-corrected chi connectivity index (χ1v) is 9.18. The van der Waals surface area contributed by atoms with Gasteiger partial charge in [0.05, 0.1) is 6.54 Å². The zero-order valence-electron chi connectivity index (χ0n) is 13.0. The molecular formula is C14H18N6OS2. The highest BCUT2D eigenvalue weighted by atomic mass is 32.2. The topological polar surface area (TPSA) is 77.1 Å². The molecule has 9 heteroatoms. The highest BCUT2D eigenvalue weighted by Gasteiger charge is 2.08. The Balaban J connectivity index is 1.56. The first-order chi connectivity index (χ1) is 11.1. The number of anilines is 1. The van der Waals surface area contributed by atoms with Crippen LogP contribution in [0.25, 0.3) is 5.65 Å². The van der Waals surface area contributed by atoms with Crippen molar-refractivity contribution in [3.8, 4) is 0 Å². The average molecular weight is 350 g/mol. The Labute approximate surface area is 141 Å². The summed E-state index contributed by atoms with van der Waals surface area (Å²) in [7, 11) is 0. The normalized spacial score (nSPS) is 11.4. The second kappa shape index (κ2) is 7.14. The van der Waals surface area contributed by atoms with Gasteiger partial charge in [0.25, 0.3) is 0 Å². The van der Waals surface area contributed by atoms with Crippen LogP contribution in [-0.4, -0.2) is 36.7 Å². The first kappa shape index (κ1) is 16.0. The van der Waals surface area contributed by atoms with Crippen molar-refractivity contribution in [1.82, 2.24) is 24.4 Å². The minimum Gasteiger partial charge on any atom is -0.360 e. The molecule has 0 aliphatic heterocycles. The quantitative estimate of drug-likeness (QED) is 0.658. The lowest BCUT2D eigenvalue weighted by atomic mass is 10.2. The fourth-order valence-electron chi connectivity index (χ4n) is 1.96. The van der Waals surface area contributed by atoms with Crippen LogP contribution in [0.3, 0.4) is 0 Å². The predicted octanol–water partition coefficient (Wildman–Crippen LogP) is 2.21. The third-order valence-electron chi connectivity index (χ3n) is 3.09. The Bertz CT molecular complexity index is 837. The molecule has 0 spiro atoms. The molecule has 3 aromatic rings. The van der Waals surface area contributed by atoms with E-state index in [2.05, 4.69) is 34.5 Å². The van der Waals surface area contributed by atoms with E-state index in [9.17, 15) is 4.79 Å². The molecule has 0 unspecified atom stereocenters. The van der Waals surface area contributed by atoms with E-state index in [4.69, 9.17) is 0 Å². The molecular weight excluding hydrogens is 332 g/mol. The van der Waals surface area contributed by atoms with Crippen molar-refractivity contribution in [1.29, 1.82) is 0 Å². The lowest BCUT2D eigenvalue weighted by Crippen LogP contribution is -2.21. The standard InChI is InChI=1S/C14H18N6OS2/c1-10(2)9-15-12-16-17-13(23-12)22-8-7-20-14(21)19-6-4-3-5-11(19)18-20/h3-6,10H,7-9H2,1-2H3,(H,15,16). The molecule has 0 radical (unpaired) electrons. The highest BCUT2D eigenvalue weighted by Crippen LogP contribution is 2.25. The molecule has 122 valence electrons. The van der Waals surface area contributed by atoms with Gasteiger partial charge in [0, 0.05) is 18.5 Å². The molecule has 3 heterocycles. The number of pyridine rings is 1. The van der Waals surface area contributed by atoms with E-state index < -0.39 is 0 Å². The Kier molecular flexibility index (Phi) is 4.97. The van der Waals surface area contributed by atoms with Crippen molar-refractivity contribution in [2.45, 2.75) is 24.7 Å². The van der Waals surface area contributed by atoms with Crippen molar-refractivity contribution in [2.75, 3.05) is 17.6 Å². The minimum absolute atomic E-state index is 0.113. The third kappa shape index (κ3) is 3.91. The van der Waals surface area contributed by atoms with Gasteiger partial charge < -0.3 is 5.32 Å². The van der Waals surface area contributed by atoms with Gasteiger partial charge in [-0.3, -0.25) is 4.40 Å². The largest absolute Gasteiger partial charge is 0.360 e. The Morgan fingerprint density at radius 3 is 3.00 bits per heavy atom. The van der Waals surface area contributed by atoms with E-state index in [-0.39, 0.29) is 5.69 Å². The van der Waals surface area contributed by atoms with Gasteiger partial charge >= 0.3 is 5.69 Å². The molecule has 0 aliphatic rings. The summed E-state index contributed by atoms with van der Waals surface area (Å²) >= 11 is 3.12. The molecule has 3 aromatic heterocycles. The second-order valence-electron chi connectivity index (χ2n) is 5.43. The van der Waals surface area contributed by atoms with Crippen LogP contribution in [0.2, 0.25) is 0 Å². The molecule has 1 N–H and O–H groups in total. The number of rotatable bonds is 7. The smallest absolute Gasteiger partial charge is 0.350 e. The summed E-state index contributed by atoms with van der Waals surface area (Å²) in [5, 5.41) is 16.7. The van der Waals surface area contributed by atoms with Gasteiger partial charge in [0.2, 0.25) is 5.13 Å². The summed E-state index contributed by atoms with van der Waals surface area (Å²) in [5.74, 6) is 1.29. The molecule has 0 aromatic carbocycles. The van der Waals surface area contributed by atoms with Crippen molar-refractivity contribution in [3.05, 3.63) is 34.9 Å². The Hall–Kier alpha value is -1.87. The summed E-state index contributed by atoms with van der Waals surface area (Å²) in [6, 6.07) is 5.51. The summed E-state index contributed by atoms with van der Waals surface area (Å²) in [6.45, 7) is 5.72. The predicted molar refractivity (Wildman–Crippen MR) is 93.4 cm³/mol. The van der Waals surface area contributed by atoms with E-state index in [1.807, 2.05) is 18.2 Å². The van der Waals surface area contributed by atoms with Crippen LogP contribution in [0.4, 0.5) is 5.13 Å². The Morgan fingerprint density at radius 1 is 1.35 bits per heavy atom. The zero-order valence-corrected chi connectivity index (χ0v) is 14.6. The SMILES string of the molecule is CC(C)CNc1nnc(SCCn2nc3ccccn3c2=O)s1. The molecule has 0 aliphatic carbocycles. The molecule has 0 amide bonds. The number of nitrogens with one attached hydrogen (secondary N) is 1. The molecule has 7 nitrogen and oxygen atoms in total. The van der Waals surface area contributed by atoms with E-state index in [1.54, 1.807) is 22.4 Å². The minimum atomic E-state index is -0.113. The van der Waals surface area contributed by atoms with E-state index in [1.165, 1.54) is 16.0 Å². The van der Waals surface area contributed by atoms with Gasteiger partial charge in [-0.15, -0.1) is 15.3 Å². The first-order valence-electron chi connectivity index (χ1n) is 7.38. The fourth-order valence-corrected chi connectivity index (χ4v) is 3.71. The summed E-state index contributed by atoms with van der Waals surface area (Å²) in [4.78, 5) is 12.1. The van der Waals surface area contributed by atoms with Crippen molar-refractivity contribution in [2.24, 2.45) is 5.92 Å². The summed E-state index contributed by atoms with van der Waals surface area (Å²) in [6.07, 6.45) is 1.73. The lowest BCUT2D eigenvalue weighted by Gasteiger charge is -2.03. The summed E-state index contributed by atoms with van der Waals surface area (Å²) in [5.41, 5.74) is 0.552. The monoisotopic (exact) mass is 350 g/mol. The molecule has 0 saturated carbocycles. The van der Waals surface area contributed by atoms with Crippen molar-refractivity contribution >= 4 is 33.9 Å². The van der Waals surface area contributed by atoms with Gasteiger partial charge in [-0.2, -0.15) is 0 Å². The van der Waals surface area contributed by atoms with Crippen LogP contribution in [0.5, 0.6) is 0 Å². The van der Waals surface area contributed by atoms with Crippen LogP contribution in [0.15, 0.2) is 33.5 Å². The van der Waals surface area contributed by atoms with Crippen molar-refractivity contribution < 1.29 is 0 Å². The maximum absolute atomic E-state index is 12.1. The molecule has 23 heavy (non-hydrogen) atoms. The van der Waals surface area contributed by atoms with Gasteiger partial charge in [-0.25, -0.2) is 9.48 Å². The van der Waals surface area contributed by atoms with Gasteiger partial charge in [-0.05, 0) is 18.1 Å². The molecule has 3 rings (SSSR count). The van der Waals surface area contributed by atoms with E-state index in [0.29, 0.717) is 18.1 Å². The van der Waals surface area contributed by atoms with Crippen LogP contribution in [0, 0.1) is 5.92 Å². The second-order valence-corrected chi connectivity index (χ2v) is 7.75. The van der Waals surface area contributed by atoms with Gasteiger partial charge in [0.1, 0.15) is 0 Å². The van der Waals surface area contributed by atoms with Crippen LogP contribution in [0.1, 0.15) is 13.8 Å². The van der Waals surface area contributed by atoms with Crippen LogP contribution < -0.4 is 11.0 Å². The average Bonchev–Trinajstić information content (AvgIpc) is 3.11. The maximum Gasteiger partial charge on any atom is 0.350 e. The number of hydrogen-bond acceptors (Lipinski definition) is 7. The van der Waals surface area contributed by atoms with Gasteiger partial charge in [-0.1, -0.05) is 43.0 Å². The molecule has 0 atom stereocenters. The Morgan fingerprint density at radius 2 is 2.22 bits per heavy atom. The summed E-state index contributed by atoms with van der Waals surface area (Å²) < 4.78 is 3.93. The van der Waals surface area contributed by atoms with Crippen LogP contribution >= 0.6 is 23.1 Å². The number of hydrogen-bond donors (Lipinski definition) is 1. The highest BCUT2D eigenvalue weighted by molar-refractivity contribution is 8.01. The van der Waals surface area contributed by atoms with E-state index >= 15 is 0 Å².